The molecule has 1 aromatic rings. The number of oxazole rings is 1. The number of unbranched alkanes of at least 4 members (excludes halogenated alkanes) is 1. The lowest BCUT2D eigenvalue weighted by atomic mass is 9.92. The molecule has 0 radical (unpaired) electrons. The summed E-state index contributed by atoms with van der Waals surface area (Å²) in [6, 6.07) is 0. The monoisotopic (exact) mass is 342 g/mol. The van der Waals surface area contributed by atoms with Crippen molar-refractivity contribution in [1.29, 1.82) is 0 Å². The summed E-state index contributed by atoms with van der Waals surface area (Å²) in [5.74, 6) is 0.889. The molecule has 0 N–H and O–H groups in total. The van der Waals surface area contributed by atoms with Crippen molar-refractivity contribution in [2.24, 2.45) is 5.92 Å². The van der Waals surface area contributed by atoms with Crippen molar-refractivity contribution < 1.29 is 17.6 Å². The van der Waals surface area contributed by atoms with Gasteiger partial charge in [-0.25, -0.2) is 17.7 Å². The van der Waals surface area contributed by atoms with Crippen LogP contribution in [0.5, 0.6) is 0 Å². The maximum atomic E-state index is 12.1. The molecule has 1 saturated heterocycles. The number of sulfonamides is 1. The van der Waals surface area contributed by atoms with Gasteiger partial charge in [0, 0.05) is 19.5 Å². The Bertz CT molecular complexity index is 575. The third-order valence-corrected chi connectivity index (χ3v) is 6.37. The SMILES string of the molecule is CCCCS(=O)(=O)N1CCC(CCCC(=O)c2ncco2)CC1. The van der Waals surface area contributed by atoms with Gasteiger partial charge in [0.2, 0.25) is 15.8 Å². The zero-order chi connectivity index (χ0) is 16.7. The molecule has 23 heavy (non-hydrogen) atoms. The van der Waals surface area contributed by atoms with E-state index in [2.05, 4.69) is 4.98 Å². The Morgan fingerprint density at radius 2 is 2.09 bits per heavy atom. The summed E-state index contributed by atoms with van der Waals surface area (Å²) in [6.45, 7) is 3.23. The first-order chi connectivity index (χ1) is 11.0. The lowest BCUT2D eigenvalue weighted by molar-refractivity contribution is 0.0942. The fourth-order valence-electron chi connectivity index (χ4n) is 2.95. The highest BCUT2D eigenvalue weighted by molar-refractivity contribution is 7.89. The molecular formula is C16H26N2O4S. The fraction of sp³-hybridized carbons (Fsp3) is 0.750. The van der Waals surface area contributed by atoms with E-state index in [0.717, 1.165) is 38.5 Å². The second kappa shape index (κ2) is 8.59. The van der Waals surface area contributed by atoms with E-state index < -0.39 is 10.0 Å². The molecule has 6 nitrogen and oxygen atoms in total. The molecule has 0 spiro atoms. The summed E-state index contributed by atoms with van der Waals surface area (Å²) < 4.78 is 30.9. The van der Waals surface area contributed by atoms with Gasteiger partial charge in [-0.15, -0.1) is 0 Å². The van der Waals surface area contributed by atoms with E-state index in [9.17, 15) is 13.2 Å². The van der Waals surface area contributed by atoms with Crippen LogP contribution in [-0.4, -0.2) is 42.3 Å². The topological polar surface area (TPSA) is 80.5 Å². The van der Waals surface area contributed by atoms with Gasteiger partial charge in [0.1, 0.15) is 6.26 Å². The lowest BCUT2D eigenvalue weighted by Gasteiger charge is -2.31. The summed E-state index contributed by atoms with van der Waals surface area (Å²) in [5.41, 5.74) is 0. The molecule has 7 heteroatoms. The van der Waals surface area contributed by atoms with Crippen molar-refractivity contribution >= 4 is 15.8 Å². The minimum Gasteiger partial charge on any atom is -0.442 e. The molecule has 2 heterocycles. The Hall–Kier alpha value is -1.21. The summed E-state index contributed by atoms with van der Waals surface area (Å²) in [7, 11) is -3.07. The van der Waals surface area contributed by atoms with Gasteiger partial charge in [-0.2, -0.15) is 0 Å². The average molecular weight is 342 g/mol. The van der Waals surface area contributed by atoms with E-state index in [1.807, 2.05) is 6.92 Å². The second-order valence-corrected chi connectivity index (χ2v) is 8.25. The predicted octanol–water partition coefficient (Wildman–Crippen LogP) is 2.87. The first kappa shape index (κ1) is 18.1. The van der Waals surface area contributed by atoms with Gasteiger partial charge in [0.05, 0.1) is 11.9 Å². The number of rotatable bonds is 9. The second-order valence-electron chi connectivity index (χ2n) is 6.16. The number of nitrogens with zero attached hydrogens (tertiary/aromatic N) is 2. The Kier molecular flexibility index (Phi) is 6.77. The molecule has 0 unspecified atom stereocenters. The van der Waals surface area contributed by atoms with Crippen LogP contribution in [0.1, 0.15) is 62.6 Å². The van der Waals surface area contributed by atoms with E-state index in [-0.39, 0.29) is 17.4 Å². The van der Waals surface area contributed by atoms with Crippen LogP contribution in [0.4, 0.5) is 0 Å². The smallest absolute Gasteiger partial charge is 0.263 e. The van der Waals surface area contributed by atoms with Crippen LogP contribution in [0.25, 0.3) is 0 Å². The fourth-order valence-corrected chi connectivity index (χ4v) is 4.63. The first-order valence-electron chi connectivity index (χ1n) is 8.43. The van der Waals surface area contributed by atoms with Crippen molar-refractivity contribution in [1.82, 2.24) is 9.29 Å². The van der Waals surface area contributed by atoms with E-state index in [1.165, 1.54) is 12.5 Å². The highest BCUT2D eigenvalue weighted by Crippen LogP contribution is 2.25. The van der Waals surface area contributed by atoms with Gasteiger partial charge in [-0.1, -0.05) is 13.3 Å². The van der Waals surface area contributed by atoms with Gasteiger partial charge in [0.15, 0.2) is 0 Å². The number of carbonyl (C=O) groups excluding carboxylic acids is 1. The van der Waals surface area contributed by atoms with Crippen molar-refractivity contribution in [2.75, 3.05) is 18.8 Å². The molecule has 1 aliphatic rings. The number of Topliss-reactive ketones (excluding diaryl/α,β-unsaturated/α-hetero) is 1. The predicted molar refractivity (Wildman–Crippen MR) is 87.7 cm³/mol. The third kappa shape index (κ3) is 5.42. The Morgan fingerprint density at radius 3 is 2.70 bits per heavy atom. The maximum Gasteiger partial charge on any atom is 0.263 e. The molecule has 2 rings (SSSR count). The normalized spacial score (nSPS) is 17.4. The molecule has 0 amide bonds. The van der Waals surface area contributed by atoms with E-state index >= 15 is 0 Å². The van der Waals surface area contributed by atoms with Crippen LogP contribution >= 0.6 is 0 Å². The van der Waals surface area contributed by atoms with Crippen LogP contribution in [0.15, 0.2) is 16.9 Å². The Labute approximate surface area is 138 Å². The summed E-state index contributed by atoms with van der Waals surface area (Å²) >= 11 is 0. The standard InChI is InChI=1S/C16H26N2O4S/c1-2-3-13-23(20,21)18-10-7-14(8-11-18)5-4-6-15(19)16-17-9-12-22-16/h9,12,14H,2-8,10-11,13H2,1H3. The minimum atomic E-state index is -3.07. The van der Waals surface area contributed by atoms with E-state index in [4.69, 9.17) is 4.42 Å². The maximum absolute atomic E-state index is 12.1. The van der Waals surface area contributed by atoms with Crippen LogP contribution in [0.3, 0.4) is 0 Å². The Balaban J connectivity index is 1.68. The van der Waals surface area contributed by atoms with Crippen molar-refractivity contribution in [3.63, 3.8) is 0 Å². The van der Waals surface area contributed by atoms with Crippen molar-refractivity contribution in [2.45, 2.75) is 51.9 Å². The summed E-state index contributed by atoms with van der Waals surface area (Å²) in [5, 5.41) is 0. The van der Waals surface area contributed by atoms with Crippen LogP contribution in [-0.2, 0) is 10.0 Å². The van der Waals surface area contributed by atoms with Crippen LogP contribution in [0.2, 0.25) is 0 Å². The van der Waals surface area contributed by atoms with Gasteiger partial charge in [-0.3, -0.25) is 4.79 Å². The molecule has 0 aliphatic carbocycles. The molecule has 0 saturated carbocycles. The highest BCUT2D eigenvalue weighted by Gasteiger charge is 2.27. The van der Waals surface area contributed by atoms with Crippen LogP contribution < -0.4 is 0 Å². The third-order valence-electron chi connectivity index (χ3n) is 4.41. The minimum absolute atomic E-state index is 0.0606. The first-order valence-corrected chi connectivity index (χ1v) is 10.0. The van der Waals surface area contributed by atoms with Gasteiger partial charge < -0.3 is 4.42 Å². The van der Waals surface area contributed by atoms with Gasteiger partial charge in [0.25, 0.3) is 5.89 Å². The number of ketones is 1. The molecule has 1 aromatic heterocycles. The largest absolute Gasteiger partial charge is 0.442 e. The van der Waals surface area contributed by atoms with E-state index in [0.29, 0.717) is 25.4 Å². The number of aromatic nitrogens is 1. The molecule has 0 aromatic carbocycles. The number of piperidine rings is 1. The number of hydrogen-bond donors (Lipinski definition) is 0. The highest BCUT2D eigenvalue weighted by atomic mass is 32.2. The quantitative estimate of drug-likeness (QED) is 0.645. The average Bonchev–Trinajstić information content (AvgIpc) is 3.08. The zero-order valence-electron chi connectivity index (χ0n) is 13.7. The van der Waals surface area contributed by atoms with Gasteiger partial charge >= 0.3 is 0 Å². The molecule has 0 bridgehead atoms. The molecule has 0 atom stereocenters. The van der Waals surface area contributed by atoms with Gasteiger partial charge in [-0.05, 0) is 38.0 Å². The zero-order valence-corrected chi connectivity index (χ0v) is 14.6. The van der Waals surface area contributed by atoms with E-state index in [1.54, 1.807) is 4.31 Å². The number of hydrogen-bond acceptors (Lipinski definition) is 5. The van der Waals surface area contributed by atoms with Crippen molar-refractivity contribution in [3.05, 3.63) is 18.4 Å². The molecule has 1 fully saturated rings. The molecule has 130 valence electrons. The summed E-state index contributed by atoms with van der Waals surface area (Å²) in [4.78, 5) is 15.6. The summed E-state index contributed by atoms with van der Waals surface area (Å²) in [6.07, 6.45) is 8.47. The van der Waals surface area contributed by atoms with Crippen LogP contribution in [0, 0.1) is 5.92 Å². The molecule has 1 aliphatic heterocycles. The lowest BCUT2D eigenvalue weighted by Crippen LogP contribution is -2.39. The number of carbonyl (C=O) groups is 1. The Morgan fingerprint density at radius 1 is 1.35 bits per heavy atom. The van der Waals surface area contributed by atoms with Crippen molar-refractivity contribution in [3.8, 4) is 0 Å². The molecular weight excluding hydrogens is 316 g/mol.